The molecule has 0 aromatic carbocycles. The lowest BCUT2D eigenvalue weighted by Crippen LogP contribution is -2.46. The topological polar surface area (TPSA) is 88.3 Å². The maximum atomic E-state index is 11.9. The molecule has 1 heterocycles. The zero-order chi connectivity index (χ0) is 14.6. The quantitative estimate of drug-likeness (QED) is 0.849. The van der Waals surface area contributed by atoms with E-state index in [1.807, 2.05) is 20.8 Å². The van der Waals surface area contributed by atoms with Gasteiger partial charge < -0.3 is 16.0 Å². The van der Waals surface area contributed by atoms with Crippen LogP contribution in [-0.2, 0) is 16.0 Å². The Morgan fingerprint density at radius 2 is 2.11 bits per heavy atom. The highest BCUT2D eigenvalue weighted by Crippen LogP contribution is 2.12. The number of nitrogens with one attached hydrogen (secondary N) is 1. The molecule has 6 nitrogen and oxygen atoms in total. The fraction of sp³-hybridized carbons (Fsp3) is 0.583. The van der Waals surface area contributed by atoms with Gasteiger partial charge in [-0.05, 0) is 20.8 Å². The number of anilines is 1. The van der Waals surface area contributed by atoms with Crippen LogP contribution in [0, 0.1) is 0 Å². The number of nitrogens with two attached hydrogens (primary N) is 1. The molecule has 1 aromatic rings. The molecule has 0 unspecified atom stereocenters. The Labute approximate surface area is 117 Å². The number of hydrogen-bond donors (Lipinski definition) is 2. The van der Waals surface area contributed by atoms with Crippen molar-refractivity contribution >= 4 is 28.3 Å². The summed E-state index contributed by atoms with van der Waals surface area (Å²) in [5.74, 6) is -0.337. The Kier molecular flexibility index (Phi) is 4.88. The average Bonchev–Trinajstić information content (AvgIpc) is 2.60. The SMILES string of the molecule is CN(CC(=O)NC(C)(C)C)C(=O)Cc1csc(N)n1. The Morgan fingerprint density at radius 3 is 2.58 bits per heavy atom. The molecule has 0 aliphatic carbocycles. The number of nitrogen functional groups attached to an aromatic ring is 1. The molecule has 3 N–H and O–H groups in total. The van der Waals surface area contributed by atoms with Crippen molar-refractivity contribution in [3.8, 4) is 0 Å². The third-order valence-corrected chi connectivity index (χ3v) is 2.95. The van der Waals surface area contributed by atoms with Crippen molar-refractivity contribution in [1.29, 1.82) is 0 Å². The second-order valence-corrected chi connectivity index (χ2v) is 6.29. The summed E-state index contributed by atoms with van der Waals surface area (Å²) in [6, 6.07) is 0. The fourth-order valence-electron chi connectivity index (χ4n) is 1.46. The van der Waals surface area contributed by atoms with Gasteiger partial charge >= 0.3 is 0 Å². The monoisotopic (exact) mass is 284 g/mol. The number of thiazole rings is 1. The third-order valence-electron chi connectivity index (χ3n) is 2.22. The number of amides is 2. The van der Waals surface area contributed by atoms with Crippen LogP contribution in [0.15, 0.2) is 5.38 Å². The molecule has 0 saturated heterocycles. The molecule has 7 heteroatoms. The molecular formula is C12H20N4O2S. The number of carbonyl (C=O) groups excluding carboxylic acids is 2. The number of carbonyl (C=O) groups is 2. The van der Waals surface area contributed by atoms with E-state index in [0.717, 1.165) is 0 Å². The number of rotatable bonds is 4. The van der Waals surface area contributed by atoms with E-state index in [2.05, 4.69) is 10.3 Å². The summed E-state index contributed by atoms with van der Waals surface area (Å²) in [7, 11) is 1.60. The molecule has 2 amide bonds. The number of aromatic nitrogens is 1. The van der Waals surface area contributed by atoms with Crippen LogP contribution in [0.4, 0.5) is 5.13 Å². The molecule has 19 heavy (non-hydrogen) atoms. The third kappa shape index (κ3) is 5.69. The van der Waals surface area contributed by atoms with Crippen molar-refractivity contribution in [2.24, 2.45) is 0 Å². The normalized spacial score (nSPS) is 11.2. The zero-order valence-corrected chi connectivity index (χ0v) is 12.5. The van der Waals surface area contributed by atoms with Crippen LogP contribution < -0.4 is 11.1 Å². The summed E-state index contributed by atoms with van der Waals surface area (Å²) in [6.45, 7) is 5.72. The van der Waals surface area contributed by atoms with Crippen LogP contribution in [0.5, 0.6) is 0 Å². The van der Waals surface area contributed by atoms with E-state index in [9.17, 15) is 9.59 Å². The fourth-order valence-corrected chi connectivity index (χ4v) is 2.02. The van der Waals surface area contributed by atoms with Gasteiger partial charge in [-0.2, -0.15) is 0 Å². The van der Waals surface area contributed by atoms with Crippen molar-refractivity contribution < 1.29 is 9.59 Å². The van der Waals surface area contributed by atoms with Gasteiger partial charge in [-0.3, -0.25) is 9.59 Å². The predicted octanol–water partition coefficient (Wildman–Crippen LogP) is 0.641. The lowest BCUT2D eigenvalue weighted by atomic mass is 10.1. The lowest BCUT2D eigenvalue weighted by molar-refractivity contribution is -0.134. The summed E-state index contributed by atoms with van der Waals surface area (Å²) in [6.07, 6.45) is 0.160. The van der Waals surface area contributed by atoms with Crippen LogP contribution >= 0.6 is 11.3 Å². The number of likely N-dealkylation sites (N-methyl/N-ethyl adjacent to an activating group) is 1. The molecule has 1 rings (SSSR count). The Hall–Kier alpha value is -1.63. The Bertz CT molecular complexity index is 465. The van der Waals surface area contributed by atoms with Crippen molar-refractivity contribution in [3.05, 3.63) is 11.1 Å². The minimum absolute atomic E-state index is 0.0374. The highest BCUT2D eigenvalue weighted by molar-refractivity contribution is 7.13. The van der Waals surface area contributed by atoms with E-state index >= 15 is 0 Å². The molecule has 0 saturated carbocycles. The van der Waals surface area contributed by atoms with Gasteiger partial charge in [0.15, 0.2) is 5.13 Å². The van der Waals surface area contributed by atoms with E-state index in [0.29, 0.717) is 10.8 Å². The minimum atomic E-state index is -0.301. The summed E-state index contributed by atoms with van der Waals surface area (Å²) in [4.78, 5) is 29.0. The molecule has 0 spiro atoms. The molecular weight excluding hydrogens is 264 g/mol. The maximum absolute atomic E-state index is 11.9. The molecule has 0 bridgehead atoms. The molecule has 0 aliphatic rings. The highest BCUT2D eigenvalue weighted by atomic mass is 32.1. The molecule has 0 aliphatic heterocycles. The van der Waals surface area contributed by atoms with Crippen molar-refractivity contribution in [3.63, 3.8) is 0 Å². The van der Waals surface area contributed by atoms with Crippen LogP contribution in [0.1, 0.15) is 26.5 Å². The van der Waals surface area contributed by atoms with Gasteiger partial charge in [0.2, 0.25) is 11.8 Å². The van der Waals surface area contributed by atoms with Crippen LogP contribution in [0.25, 0.3) is 0 Å². The van der Waals surface area contributed by atoms with Gasteiger partial charge in [0, 0.05) is 18.0 Å². The van der Waals surface area contributed by atoms with Crippen molar-refractivity contribution in [1.82, 2.24) is 15.2 Å². The van der Waals surface area contributed by atoms with Crippen LogP contribution in [0.3, 0.4) is 0 Å². The van der Waals surface area contributed by atoms with Gasteiger partial charge in [0.05, 0.1) is 18.7 Å². The number of hydrogen-bond acceptors (Lipinski definition) is 5. The zero-order valence-electron chi connectivity index (χ0n) is 11.7. The van der Waals surface area contributed by atoms with Gasteiger partial charge in [-0.15, -0.1) is 11.3 Å². The van der Waals surface area contributed by atoms with Crippen LogP contribution in [0.2, 0.25) is 0 Å². The van der Waals surface area contributed by atoms with Crippen LogP contribution in [-0.4, -0.2) is 40.8 Å². The van der Waals surface area contributed by atoms with Gasteiger partial charge in [0.1, 0.15) is 0 Å². The smallest absolute Gasteiger partial charge is 0.240 e. The predicted molar refractivity (Wildman–Crippen MR) is 75.8 cm³/mol. The van der Waals surface area contributed by atoms with E-state index in [-0.39, 0.29) is 30.3 Å². The summed E-state index contributed by atoms with van der Waals surface area (Å²) >= 11 is 1.30. The van der Waals surface area contributed by atoms with Gasteiger partial charge in [-0.1, -0.05) is 0 Å². The van der Waals surface area contributed by atoms with Crippen molar-refractivity contribution in [2.45, 2.75) is 32.7 Å². The summed E-state index contributed by atoms with van der Waals surface area (Å²) in [5.41, 5.74) is 5.83. The standard InChI is InChI=1S/C12H20N4O2S/c1-12(2,3)15-9(17)6-16(4)10(18)5-8-7-19-11(13)14-8/h7H,5-6H2,1-4H3,(H2,13,14)(H,15,17). The van der Waals surface area contributed by atoms with E-state index in [1.165, 1.54) is 16.2 Å². The lowest BCUT2D eigenvalue weighted by Gasteiger charge is -2.23. The first kappa shape index (κ1) is 15.4. The van der Waals surface area contributed by atoms with E-state index < -0.39 is 0 Å². The molecule has 106 valence electrons. The summed E-state index contributed by atoms with van der Waals surface area (Å²) in [5, 5.41) is 4.99. The minimum Gasteiger partial charge on any atom is -0.375 e. The first-order valence-corrected chi connectivity index (χ1v) is 6.80. The Morgan fingerprint density at radius 1 is 1.47 bits per heavy atom. The molecule has 0 radical (unpaired) electrons. The van der Waals surface area contributed by atoms with E-state index in [1.54, 1.807) is 12.4 Å². The highest BCUT2D eigenvalue weighted by Gasteiger charge is 2.18. The second-order valence-electron chi connectivity index (χ2n) is 5.40. The molecule has 1 aromatic heterocycles. The summed E-state index contributed by atoms with van der Waals surface area (Å²) < 4.78 is 0. The van der Waals surface area contributed by atoms with E-state index in [4.69, 9.17) is 5.73 Å². The van der Waals surface area contributed by atoms with Crippen molar-refractivity contribution in [2.75, 3.05) is 19.3 Å². The average molecular weight is 284 g/mol. The second kappa shape index (κ2) is 6.01. The largest absolute Gasteiger partial charge is 0.375 e. The molecule has 0 fully saturated rings. The molecule has 0 atom stereocenters. The first-order valence-electron chi connectivity index (χ1n) is 5.92. The Balaban J connectivity index is 2.47. The number of nitrogens with zero attached hydrogens (tertiary/aromatic N) is 2. The van der Waals surface area contributed by atoms with Gasteiger partial charge in [0.25, 0.3) is 0 Å². The first-order chi connectivity index (χ1) is 8.67. The maximum Gasteiger partial charge on any atom is 0.240 e. The van der Waals surface area contributed by atoms with Gasteiger partial charge in [-0.25, -0.2) is 4.98 Å².